The molecule has 0 amide bonds. The molecular weight excluding hydrogens is 360 g/mol. The number of nitrogens with zero attached hydrogens (tertiary/aromatic N) is 3. The normalized spacial score (nSPS) is 14.1. The first-order chi connectivity index (χ1) is 13.1. The zero-order chi connectivity index (χ0) is 18.7. The third-order valence-electron chi connectivity index (χ3n) is 4.83. The van der Waals surface area contributed by atoms with Crippen LogP contribution in [0.3, 0.4) is 0 Å². The highest BCUT2D eigenvalue weighted by Gasteiger charge is 2.22. The van der Waals surface area contributed by atoms with Gasteiger partial charge in [0.2, 0.25) is 10.0 Å². The molecule has 6 nitrogen and oxygen atoms in total. The Morgan fingerprint density at radius 3 is 2.56 bits per heavy atom. The summed E-state index contributed by atoms with van der Waals surface area (Å²) in [6.07, 6.45) is 6.03. The third-order valence-corrected chi connectivity index (χ3v) is 6.31. The van der Waals surface area contributed by atoms with Crippen molar-refractivity contribution in [2.75, 3.05) is 6.54 Å². The molecule has 1 N–H and O–H groups in total. The molecule has 0 saturated carbocycles. The number of rotatable bonds is 6. The second kappa shape index (κ2) is 7.62. The average Bonchev–Trinajstić information content (AvgIpc) is 3.08. The number of hydrogen-bond acceptors (Lipinski definition) is 4. The first kappa shape index (κ1) is 17.9. The number of benzene rings is 1. The Balaban J connectivity index is 1.54. The maximum Gasteiger partial charge on any atom is 0.240 e. The predicted octanol–water partition coefficient (Wildman–Crippen LogP) is 2.80. The molecule has 27 heavy (non-hydrogen) atoms. The fourth-order valence-corrected chi connectivity index (χ4v) is 4.58. The summed E-state index contributed by atoms with van der Waals surface area (Å²) < 4.78 is 29.4. The number of aromatic nitrogens is 3. The molecule has 3 aromatic rings. The standard InChI is InChI=1S/C20H22N4O2S/c25-27(26,16-8-2-1-3-9-16)22-14-15-24-19-12-5-4-10-17(19)20(23-24)18-11-6-7-13-21-18/h1-3,6-9,11,13,22H,4-5,10,12,14-15H2. The molecule has 2 aromatic heterocycles. The first-order valence-corrected chi connectivity index (χ1v) is 10.7. The van der Waals surface area contributed by atoms with E-state index in [0.29, 0.717) is 13.1 Å². The van der Waals surface area contributed by atoms with Crippen LogP contribution in [-0.2, 0) is 29.4 Å². The van der Waals surface area contributed by atoms with Crippen LogP contribution in [0, 0.1) is 0 Å². The Labute approximate surface area is 159 Å². The lowest BCUT2D eigenvalue weighted by atomic mass is 9.95. The van der Waals surface area contributed by atoms with E-state index in [-0.39, 0.29) is 4.90 Å². The van der Waals surface area contributed by atoms with Crippen LogP contribution in [0.2, 0.25) is 0 Å². The Bertz CT molecular complexity index is 1010. The van der Waals surface area contributed by atoms with Crippen LogP contribution in [-0.4, -0.2) is 29.7 Å². The van der Waals surface area contributed by atoms with E-state index in [4.69, 9.17) is 5.10 Å². The van der Waals surface area contributed by atoms with Crippen molar-refractivity contribution in [3.8, 4) is 11.4 Å². The molecule has 0 bridgehead atoms. The number of sulfonamides is 1. The van der Waals surface area contributed by atoms with Gasteiger partial charge in [0.05, 0.1) is 17.1 Å². The van der Waals surface area contributed by atoms with Crippen LogP contribution in [0.5, 0.6) is 0 Å². The van der Waals surface area contributed by atoms with Gasteiger partial charge in [-0.1, -0.05) is 24.3 Å². The number of pyridine rings is 1. The van der Waals surface area contributed by atoms with Gasteiger partial charge in [-0.15, -0.1) is 0 Å². The molecule has 0 unspecified atom stereocenters. The highest BCUT2D eigenvalue weighted by Crippen LogP contribution is 2.30. The van der Waals surface area contributed by atoms with Gasteiger partial charge in [0.1, 0.15) is 5.69 Å². The minimum absolute atomic E-state index is 0.279. The maximum absolute atomic E-state index is 12.4. The number of hydrogen-bond donors (Lipinski definition) is 1. The largest absolute Gasteiger partial charge is 0.267 e. The Kier molecular flexibility index (Phi) is 5.05. The monoisotopic (exact) mass is 382 g/mol. The summed E-state index contributed by atoms with van der Waals surface area (Å²) in [4.78, 5) is 4.72. The highest BCUT2D eigenvalue weighted by molar-refractivity contribution is 7.89. The van der Waals surface area contributed by atoms with Gasteiger partial charge in [-0.3, -0.25) is 9.67 Å². The molecule has 0 aliphatic heterocycles. The second-order valence-electron chi connectivity index (χ2n) is 6.63. The fraction of sp³-hybridized carbons (Fsp3) is 0.300. The summed E-state index contributed by atoms with van der Waals surface area (Å²) in [5.41, 5.74) is 4.27. The van der Waals surface area contributed by atoms with Crippen molar-refractivity contribution < 1.29 is 8.42 Å². The van der Waals surface area contributed by atoms with Crippen molar-refractivity contribution in [3.05, 3.63) is 66.0 Å². The lowest BCUT2D eigenvalue weighted by Gasteiger charge is -2.14. The lowest BCUT2D eigenvalue weighted by molar-refractivity contribution is 0.538. The molecule has 0 saturated heterocycles. The molecular formula is C20H22N4O2S. The second-order valence-corrected chi connectivity index (χ2v) is 8.40. The van der Waals surface area contributed by atoms with Gasteiger partial charge in [0, 0.05) is 24.0 Å². The molecule has 0 fully saturated rings. The molecule has 0 radical (unpaired) electrons. The summed E-state index contributed by atoms with van der Waals surface area (Å²) in [6, 6.07) is 14.3. The Morgan fingerprint density at radius 1 is 1.00 bits per heavy atom. The molecule has 0 spiro atoms. The van der Waals surface area contributed by atoms with Gasteiger partial charge in [0.25, 0.3) is 0 Å². The molecule has 1 aromatic carbocycles. The molecule has 4 rings (SSSR count). The summed E-state index contributed by atoms with van der Waals surface area (Å²) in [5.74, 6) is 0. The van der Waals surface area contributed by atoms with E-state index in [9.17, 15) is 8.42 Å². The molecule has 1 aliphatic carbocycles. The summed E-state index contributed by atoms with van der Waals surface area (Å²) >= 11 is 0. The van der Waals surface area contributed by atoms with Crippen molar-refractivity contribution in [2.45, 2.75) is 37.1 Å². The van der Waals surface area contributed by atoms with E-state index in [1.165, 1.54) is 11.3 Å². The number of fused-ring (bicyclic) bond motifs is 1. The van der Waals surface area contributed by atoms with E-state index >= 15 is 0 Å². The SMILES string of the molecule is O=S(=O)(NCCn1nc(-c2ccccn2)c2c1CCCC2)c1ccccc1. The van der Waals surface area contributed by atoms with Crippen LogP contribution in [0.25, 0.3) is 11.4 Å². The molecule has 0 atom stereocenters. The zero-order valence-corrected chi connectivity index (χ0v) is 15.8. The van der Waals surface area contributed by atoms with Crippen molar-refractivity contribution in [1.82, 2.24) is 19.5 Å². The van der Waals surface area contributed by atoms with Gasteiger partial charge >= 0.3 is 0 Å². The quantitative estimate of drug-likeness (QED) is 0.711. The van der Waals surface area contributed by atoms with E-state index in [1.807, 2.05) is 22.9 Å². The van der Waals surface area contributed by atoms with Gasteiger partial charge in [-0.05, 0) is 49.9 Å². The van der Waals surface area contributed by atoms with Crippen LogP contribution in [0.1, 0.15) is 24.1 Å². The summed E-state index contributed by atoms with van der Waals surface area (Å²) in [7, 11) is -3.50. The Hall–Kier alpha value is -2.51. The summed E-state index contributed by atoms with van der Waals surface area (Å²) in [5, 5.41) is 4.77. The molecule has 140 valence electrons. The maximum atomic E-state index is 12.4. The predicted molar refractivity (Wildman–Crippen MR) is 104 cm³/mol. The van der Waals surface area contributed by atoms with Gasteiger partial charge in [-0.25, -0.2) is 13.1 Å². The minimum Gasteiger partial charge on any atom is -0.267 e. The molecule has 2 heterocycles. The van der Waals surface area contributed by atoms with Crippen molar-refractivity contribution >= 4 is 10.0 Å². The van der Waals surface area contributed by atoms with Crippen LogP contribution < -0.4 is 4.72 Å². The van der Waals surface area contributed by atoms with E-state index in [2.05, 4.69) is 9.71 Å². The lowest BCUT2D eigenvalue weighted by Crippen LogP contribution is -2.28. The van der Waals surface area contributed by atoms with Crippen LogP contribution in [0.15, 0.2) is 59.6 Å². The third kappa shape index (κ3) is 3.79. The van der Waals surface area contributed by atoms with Crippen molar-refractivity contribution in [2.24, 2.45) is 0 Å². The van der Waals surface area contributed by atoms with E-state index < -0.39 is 10.0 Å². The number of nitrogens with one attached hydrogen (secondary N) is 1. The van der Waals surface area contributed by atoms with Crippen LogP contribution in [0.4, 0.5) is 0 Å². The van der Waals surface area contributed by atoms with Crippen LogP contribution >= 0.6 is 0 Å². The van der Waals surface area contributed by atoms with Gasteiger partial charge < -0.3 is 0 Å². The minimum atomic E-state index is -3.50. The summed E-state index contributed by atoms with van der Waals surface area (Å²) in [6.45, 7) is 0.800. The van der Waals surface area contributed by atoms with Crippen molar-refractivity contribution in [1.29, 1.82) is 0 Å². The van der Waals surface area contributed by atoms with Crippen molar-refractivity contribution in [3.63, 3.8) is 0 Å². The fourth-order valence-electron chi connectivity index (χ4n) is 3.53. The highest BCUT2D eigenvalue weighted by atomic mass is 32.2. The molecule has 1 aliphatic rings. The topological polar surface area (TPSA) is 76.9 Å². The van der Waals surface area contributed by atoms with Gasteiger partial charge in [-0.2, -0.15) is 5.10 Å². The Morgan fingerprint density at radius 2 is 1.78 bits per heavy atom. The van der Waals surface area contributed by atoms with Gasteiger partial charge in [0.15, 0.2) is 0 Å². The van der Waals surface area contributed by atoms with E-state index in [1.54, 1.807) is 36.5 Å². The first-order valence-electron chi connectivity index (χ1n) is 9.20. The molecule has 7 heteroatoms. The van der Waals surface area contributed by atoms with E-state index in [0.717, 1.165) is 37.1 Å². The average molecular weight is 382 g/mol. The zero-order valence-electron chi connectivity index (χ0n) is 15.0. The smallest absolute Gasteiger partial charge is 0.240 e.